The summed E-state index contributed by atoms with van der Waals surface area (Å²) in [5, 5.41) is 37.7. The Hall–Kier alpha value is -3.80. The Morgan fingerprint density at radius 2 is 1.91 bits per heavy atom. The fourth-order valence-corrected chi connectivity index (χ4v) is 7.21. The predicted octanol–water partition coefficient (Wildman–Crippen LogP) is 4.91. The van der Waals surface area contributed by atoms with Crippen molar-refractivity contribution in [3.05, 3.63) is 53.6 Å². The van der Waals surface area contributed by atoms with E-state index in [-0.39, 0.29) is 34.6 Å². The van der Waals surface area contributed by atoms with Gasteiger partial charge in [-0.05, 0) is 105 Å². The van der Waals surface area contributed by atoms with Gasteiger partial charge in [0.15, 0.2) is 41.0 Å². The number of phenolic OH excluding ortho intramolecular Hbond substituents is 2. The van der Waals surface area contributed by atoms with E-state index < -0.39 is 11.9 Å². The number of ether oxygens (including phenoxy) is 3. The Morgan fingerprint density at radius 3 is 2.60 bits per heavy atom. The van der Waals surface area contributed by atoms with Gasteiger partial charge >= 0.3 is 0 Å². The minimum Gasteiger partial charge on any atom is -0.504 e. The maximum Gasteiger partial charge on any atom is 0.192 e. The van der Waals surface area contributed by atoms with E-state index in [4.69, 9.17) is 19.9 Å². The fourth-order valence-electron chi connectivity index (χ4n) is 7.21. The molecule has 0 unspecified atom stereocenters. The van der Waals surface area contributed by atoms with E-state index in [9.17, 15) is 20.1 Å². The number of hydrogen-bond acceptors (Lipinski definition) is 9. The first-order valence-electron chi connectivity index (χ1n) is 16.5. The number of carbonyl (C=O) groups is 1. The highest BCUT2D eigenvalue weighted by atomic mass is 16.6. The first kappa shape index (κ1) is 36.0. The van der Waals surface area contributed by atoms with Crippen molar-refractivity contribution in [2.24, 2.45) is 16.6 Å². The van der Waals surface area contributed by atoms with Crippen LogP contribution in [0.3, 0.4) is 0 Å². The summed E-state index contributed by atoms with van der Waals surface area (Å²) in [6, 6.07) is 9.00. The van der Waals surface area contributed by atoms with Crippen molar-refractivity contribution < 1.29 is 34.3 Å². The molecule has 0 bridgehead atoms. The van der Waals surface area contributed by atoms with E-state index in [0.29, 0.717) is 55.8 Å². The molecule has 2 aliphatic rings. The van der Waals surface area contributed by atoms with Crippen LogP contribution in [0.1, 0.15) is 75.3 Å². The van der Waals surface area contributed by atoms with E-state index in [1.54, 1.807) is 31.3 Å². The molecule has 0 aliphatic heterocycles. The number of methoxy groups -OCH3 is 2. The molecule has 0 amide bonds. The van der Waals surface area contributed by atoms with Crippen LogP contribution < -0.4 is 25.8 Å². The molecule has 4 rings (SSSR count). The fraction of sp³-hybridized carbons (Fsp3) is 0.556. The Bertz CT molecular complexity index is 1420. The molecule has 0 heterocycles. The number of hydrogen-bond donors (Lipinski definition) is 6. The smallest absolute Gasteiger partial charge is 0.192 e. The Labute approximate surface area is 278 Å². The summed E-state index contributed by atoms with van der Waals surface area (Å²) in [6.07, 6.45) is 11.2. The number of guanidine groups is 1. The number of likely N-dealkylation sites (N-methyl/N-ethyl adjacent to an activating group) is 1. The van der Waals surface area contributed by atoms with E-state index >= 15 is 0 Å². The summed E-state index contributed by atoms with van der Waals surface area (Å²) in [7, 11) is 6.46. The summed E-state index contributed by atoms with van der Waals surface area (Å²) in [5.74, 6) is 1.19. The number of nitrogens with two attached hydrogens (primary N) is 1. The van der Waals surface area contributed by atoms with E-state index in [2.05, 4.69) is 15.6 Å². The van der Waals surface area contributed by atoms with Gasteiger partial charge in [0.2, 0.25) is 0 Å². The molecule has 0 aromatic heterocycles. The number of allylic oxidation sites excluding steroid dienone is 2. The minimum atomic E-state index is -0.826. The van der Waals surface area contributed by atoms with Crippen LogP contribution in [0.15, 0.2) is 47.5 Å². The molecule has 11 heteroatoms. The second-order valence-electron chi connectivity index (χ2n) is 13.0. The monoisotopic (exact) mass is 652 g/mol. The van der Waals surface area contributed by atoms with E-state index in [0.717, 1.165) is 49.7 Å². The lowest BCUT2D eigenvalue weighted by Crippen LogP contribution is -2.43. The number of anilines is 1. The summed E-state index contributed by atoms with van der Waals surface area (Å²) in [4.78, 5) is 16.9. The normalized spacial score (nSPS) is 21.6. The van der Waals surface area contributed by atoms with Crippen molar-refractivity contribution in [3.8, 4) is 23.0 Å². The van der Waals surface area contributed by atoms with Crippen LogP contribution in [0, 0.1) is 5.92 Å². The number of rotatable bonds is 16. The van der Waals surface area contributed by atoms with Crippen molar-refractivity contribution in [1.29, 1.82) is 0 Å². The maximum absolute atomic E-state index is 12.9. The molecule has 2 saturated carbocycles. The second-order valence-corrected chi connectivity index (χ2v) is 13.0. The molecule has 0 radical (unpaired) electrons. The van der Waals surface area contributed by atoms with Crippen LogP contribution in [0.4, 0.5) is 5.69 Å². The SMILES string of the molecule is CN=C(N)Nc1cc(C2(CC=CC(=O)CCc3ccc(O)c(OC)c3)CCCC2)cc(O[C@@]2(CNC)CC[C@H](C[C@H](O)OC)C2)c1O. The van der Waals surface area contributed by atoms with Crippen molar-refractivity contribution in [2.75, 3.05) is 40.2 Å². The third-order valence-electron chi connectivity index (χ3n) is 9.77. The lowest BCUT2D eigenvalue weighted by atomic mass is 9.75. The molecule has 258 valence electrons. The van der Waals surface area contributed by atoms with Crippen LogP contribution in [0.2, 0.25) is 0 Å². The molecule has 0 saturated heterocycles. The van der Waals surface area contributed by atoms with Gasteiger partial charge in [0.25, 0.3) is 0 Å². The van der Waals surface area contributed by atoms with Gasteiger partial charge in [-0.2, -0.15) is 0 Å². The zero-order valence-corrected chi connectivity index (χ0v) is 28.2. The van der Waals surface area contributed by atoms with Gasteiger partial charge in [0.05, 0.1) is 12.8 Å². The molecule has 2 aromatic carbocycles. The number of phenols is 2. The number of aromatic hydroxyl groups is 2. The number of aryl methyl sites for hydroxylation is 1. The number of aliphatic hydroxyl groups is 1. The van der Waals surface area contributed by atoms with Gasteiger partial charge in [-0.3, -0.25) is 9.79 Å². The zero-order valence-electron chi connectivity index (χ0n) is 28.2. The molecular weight excluding hydrogens is 600 g/mol. The second kappa shape index (κ2) is 16.3. The molecule has 0 spiro atoms. The number of carbonyl (C=O) groups excluding carboxylic acids is 1. The first-order valence-corrected chi connectivity index (χ1v) is 16.5. The minimum absolute atomic E-state index is 0.0255. The summed E-state index contributed by atoms with van der Waals surface area (Å²) in [6.45, 7) is 0.574. The number of benzene rings is 2. The zero-order chi connectivity index (χ0) is 34.0. The molecule has 2 aromatic rings. The lowest BCUT2D eigenvalue weighted by molar-refractivity contribution is -0.114. The average molecular weight is 653 g/mol. The highest BCUT2D eigenvalue weighted by Gasteiger charge is 2.43. The van der Waals surface area contributed by atoms with Gasteiger partial charge in [0, 0.05) is 33.5 Å². The molecule has 2 aliphatic carbocycles. The number of aliphatic hydroxyl groups excluding tert-OH is 1. The highest BCUT2D eigenvalue weighted by Crippen LogP contribution is 2.50. The van der Waals surface area contributed by atoms with Crippen LogP contribution in [0.25, 0.3) is 0 Å². The van der Waals surface area contributed by atoms with E-state index in [1.807, 2.05) is 25.3 Å². The van der Waals surface area contributed by atoms with E-state index in [1.165, 1.54) is 14.2 Å². The maximum atomic E-state index is 12.9. The molecule has 3 atom stereocenters. The number of nitrogens with one attached hydrogen (secondary N) is 2. The predicted molar refractivity (Wildman–Crippen MR) is 183 cm³/mol. The van der Waals surface area contributed by atoms with Crippen LogP contribution in [0.5, 0.6) is 23.0 Å². The molecular formula is C36H52N4O7. The van der Waals surface area contributed by atoms with Crippen molar-refractivity contribution in [3.63, 3.8) is 0 Å². The Morgan fingerprint density at radius 1 is 1.15 bits per heavy atom. The van der Waals surface area contributed by atoms with Crippen LogP contribution >= 0.6 is 0 Å². The van der Waals surface area contributed by atoms with Gasteiger partial charge in [-0.25, -0.2) is 0 Å². The first-order chi connectivity index (χ1) is 22.6. The van der Waals surface area contributed by atoms with Crippen molar-refractivity contribution in [2.45, 2.75) is 87.9 Å². The van der Waals surface area contributed by atoms with Gasteiger partial charge in [-0.1, -0.05) is 25.0 Å². The lowest BCUT2D eigenvalue weighted by Gasteiger charge is -2.34. The molecule has 47 heavy (non-hydrogen) atoms. The third kappa shape index (κ3) is 9.18. The number of nitrogens with zero attached hydrogens (tertiary/aromatic N) is 1. The number of aliphatic imine (C=N–C) groups is 1. The number of ketones is 1. The largest absolute Gasteiger partial charge is 0.504 e. The summed E-state index contributed by atoms with van der Waals surface area (Å²) in [5.41, 5.74) is 7.56. The standard InChI is InChI=1S/C36H52N4O7/c1-38-23-36(17-13-25(22-36)19-32(43)46-4)47-31-21-26(20-28(33(31)44)40-34(37)39-2)35(14-5-6-15-35)16-7-8-27(41)11-9-24-10-12-29(42)30(18-24)45-3/h7-8,10,12,18,20-21,25,32,38,42-44H,5-6,9,11,13-17,19,22-23H2,1-4H3,(H3,37,39,40)/t25-,32-,36+/m1/s1. The highest BCUT2D eigenvalue weighted by molar-refractivity contribution is 5.94. The molecule has 2 fully saturated rings. The molecule has 7 N–H and O–H groups in total. The quantitative estimate of drug-likeness (QED) is 0.0482. The summed E-state index contributed by atoms with van der Waals surface area (Å²) < 4.78 is 17.1. The average Bonchev–Trinajstić information content (AvgIpc) is 3.70. The third-order valence-corrected chi connectivity index (χ3v) is 9.77. The topological polar surface area (TPSA) is 168 Å². The van der Waals surface area contributed by atoms with Gasteiger partial charge in [0.1, 0.15) is 5.60 Å². The van der Waals surface area contributed by atoms with Crippen LogP contribution in [-0.4, -0.2) is 73.8 Å². The Balaban J connectivity index is 1.58. The van der Waals surface area contributed by atoms with Gasteiger partial charge < -0.3 is 45.9 Å². The Kier molecular flexibility index (Phi) is 12.5. The molecule has 11 nitrogen and oxygen atoms in total. The van der Waals surface area contributed by atoms with Gasteiger partial charge in [-0.15, -0.1) is 0 Å². The van der Waals surface area contributed by atoms with Crippen LogP contribution in [-0.2, 0) is 21.4 Å². The van der Waals surface area contributed by atoms with Crippen molar-refractivity contribution >= 4 is 17.4 Å². The van der Waals surface area contributed by atoms with Crippen molar-refractivity contribution in [1.82, 2.24) is 5.32 Å². The summed E-state index contributed by atoms with van der Waals surface area (Å²) >= 11 is 0.